The summed E-state index contributed by atoms with van der Waals surface area (Å²) >= 11 is 0. The number of nitrogens with one attached hydrogen (secondary N) is 1. The van der Waals surface area contributed by atoms with Crippen molar-refractivity contribution in [3.63, 3.8) is 0 Å². The predicted molar refractivity (Wildman–Crippen MR) is 98.0 cm³/mol. The lowest BCUT2D eigenvalue weighted by Crippen LogP contribution is -2.48. The maximum absolute atomic E-state index is 11.6. The van der Waals surface area contributed by atoms with E-state index in [9.17, 15) is 19.8 Å². The van der Waals surface area contributed by atoms with Gasteiger partial charge in [-0.2, -0.15) is 0 Å². The Balaban J connectivity index is 2.11. The molecule has 6 heteroatoms. The Bertz CT molecular complexity index is 748. The number of carbonyl (C=O) groups is 2. The second-order valence-electron chi connectivity index (χ2n) is 6.91. The van der Waals surface area contributed by atoms with Gasteiger partial charge in [-0.25, -0.2) is 0 Å². The molecule has 2 atom stereocenters. The van der Waals surface area contributed by atoms with E-state index < -0.39 is 24.0 Å². The van der Waals surface area contributed by atoms with E-state index >= 15 is 0 Å². The Morgan fingerprint density at radius 3 is 2.15 bits per heavy atom. The highest BCUT2D eigenvalue weighted by Gasteiger charge is 2.27. The van der Waals surface area contributed by atoms with Crippen LogP contribution in [0.1, 0.15) is 31.6 Å². The number of rotatable bonds is 9. The first-order chi connectivity index (χ1) is 12.3. The highest BCUT2D eigenvalue weighted by Crippen LogP contribution is 2.23. The predicted octanol–water partition coefficient (Wildman–Crippen LogP) is 3.34. The van der Waals surface area contributed by atoms with Crippen LogP contribution in [0.15, 0.2) is 40.8 Å². The minimum Gasteiger partial charge on any atom is -0.480 e. The van der Waals surface area contributed by atoms with Gasteiger partial charge in [0.15, 0.2) is 0 Å². The molecule has 2 aromatic rings. The van der Waals surface area contributed by atoms with Crippen LogP contribution < -0.4 is 5.32 Å². The first kappa shape index (κ1) is 19.7. The molecular weight excluding hydrogens is 334 g/mol. The van der Waals surface area contributed by atoms with Crippen molar-refractivity contribution < 1.29 is 24.2 Å². The van der Waals surface area contributed by atoms with Crippen LogP contribution in [0.25, 0.3) is 11.3 Å². The maximum atomic E-state index is 11.6. The van der Waals surface area contributed by atoms with Gasteiger partial charge >= 0.3 is 11.9 Å². The van der Waals surface area contributed by atoms with Crippen molar-refractivity contribution in [2.75, 3.05) is 0 Å². The second kappa shape index (κ2) is 8.67. The SMILES string of the molecule is Cc1ccc(-c2ccc(CC(N[C@@H](CC(C)C)C(=O)O)C(=O)O)o2)cc1. The number of aliphatic carboxylic acids is 2. The van der Waals surface area contributed by atoms with Gasteiger partial charge in [-0.15, -0.1) is 0 Å². The van der Waals surface area contributed by atoms with E-state index in [1.54, 1.807) is 12.1 Å². The lowest BCUT2D eigenvalue weighted by molar-refractivity contribution is -0.143. The summed E-state index contributed by atoms with van der Waals surface area (Å²) in [5, 5.41) is 21.5. The molecule has 1 aromatic carbocycles. The summed E-state index contributed by atoms with van der Waals surface area (Å²) in [5.74, 6) is -0.872. The molecular formula is C20H25NO5. The van der Waals surface area contributed by atoms with Gasteiger partial charge in [0, 0.05) is 12.0 Å². The van der Waals surface area contributed by atoms with Gasteiger partial charge in [0.2, 0.25) is 0 Å². The van der Waals surface area contributed by atoms with E-state index in [-0.39, 0.29) is 12.3 Å². The van der Waals surface area contributed by atoms with Crippen molar-refractivity contribution in [1.29, 1.82) is 0 Å². The molecule has 0 radical (unpaired) electrons. The van der Waals surface area contributed by atoms with E-state index in [0.29, 0.717) is 17.9 Å². The van der Waals surface area contributed by atoms with Gasteiger partial charge in [0.25, 0.3) is 0 Å². The average molecular weight is 359 g/mol. The third-order valence-electron chi connectivity index (χ3n) is 4.11. The van der Waals surface area contributed by atoms with Crippen molar-refractivity contribution >= 4 is 11.9 Å². The van der Waals surface area contributed by atoms with E-state index in [4.69, 9.17) is 4.42 Å². The Kier molecular flexibility index (Phi) is 6.58. The fourth-order valence-electron chi connectivity index (χ4n) is 2.73. The number of furan rings is 1. The smallest absolute Gasteiger partial charge is 0.321 e. The molecule has 1 aromatic heterocycles. The zero-order chi connectivity index (χ0) is 19.3. The van der Waals surface area contributed by atoms with Crippen molar-refractivity contribution in [2.24, 2.45) is 5.92 Å². The molecule has 2 rings (SSSR count). The number of benzene rings is 1. The summed E-state index contributed by atoms with van der Waals surface area (Å²) < 4.78 is 5.76. The van der Waals surface area contributed by atoms with Crippen LogP contribution in [0.4, 0.5) is 0 Å². The van der Waals surface area contributed by atoms with Crippen LogP contribution in [0.5, 0.6) is 0 Å². The zero-order valence-corrected chi connectivity index (χ0v) is 15.2. The van der Waals surface area contributed by atoms with Crippen LogP contribution in [0, 0.1) is 12.8 Å². The van der Waals surface area contributed by atoms with Crippen molar-refractivity contribution in [1.82, 2.24) is 5.32 Å². The van der Waals surface area contributed by atoms with Gasteiger partial charge in [0.05, 0.1) is 0 Å². The Hall–Kier alpha value is -2.60. The van der Waals surface area contributed by atoms with E-state index in [1.807, 2.05) is 45.0 Å². The molecule has 0 amide bonds. The zero-order valence-electron chi connectivity index (χ0n) is 15.2. The molecule has 1 unspecified atom stereocenters. The molecule has 0 saturated carbocycles. The third kappa shape index (κ3) is 5.46. The lowest BCUT2D eigenvalue weighted by atomic mass is 10.0. The lowest BCUT2D eigenvalue weighted by Gasteiger charge is -2.21. The summed E-state index contributed by atoms with van der Waals surface area (Å²) in [4.78, 5) is 22.9. The summed E-state index contributed by atoms with van der Waals surface area (Å²) in [7, 11) is 0. The molecule has 0 fully saturated rings. The van der Waals surface area contributed by atoms with Crippen LogP contribution in [0.2, 0.25) is 0 Å². The summed E-state index contributed by atoms with van der Waals surface area (Å²) in [6.45, 7) is 5.79. The third-order valence-corrected chi connectivity index (χ3v) is 4.11. The topological polar surface area (TPSA) is 99.8 Å². The number of aryl methyl sites for hydroxylation is 1. The van der Waals surface area contributed by atoms with Crippen LogP contribution in [-0.4, -0.2) is 34.2 Å². The molecule has 1 heterocycles. The van der Waals surface area contributed by atoms with E-state index in [2.05, 4.69) is 5.32 Å². The highest BCUT2D eigenvalue weighted by atomic mass is 16.4. The van der Waals surface area contributed by atoms with Crippen LogP contribution in [-0.2, 0) is 16.0 Å². The number of hydrogen-bond donors (Lipinski definition) is 3. The van der Waals surface area contributed by atoms with Gasteiger partial charge in [-0.1, -0.05) is 43.7 Å². The quantitative estimate of drug-likeness (QED) is 0.635. The highest BCUT2D eigenvalue weighted by molar-refractivity contribution is 5.77. The fraction of sp³-hybridized carbons (Fsp3) is 0.400. The molecule has 0 aliphatic rings. The minimum atomic E-state index is -1.10. The van der Waals surface area contributed by atoms with E-state index in [1.165, 1.54) is 0 Å². The fourth-order valence-corrected chi connectivity index (χ4v) is 2.73. The van der Waals surface area contributed by atoms with E-state index in [0.717, 1.165) is 11.1 Å². The molecule has 0 saturated heterocycles. The Labute approximate surface area is 152 Å². The molecule has 0 spiro atoms. The van der Waals surface area contributed by atoms with Gasteiger partial charge < -0.3 is 14.6 Å². The normalized spacial score (nSPS) is 13.5. The van der Waals surface area contributed by atoms with Crippen LogP contribution >= 0.6 is 0 Å². The summed E-state index contributed by atoms with van der Waals surface area (Å²) in [6.07, 6.45) is 0.426. The number of carboxylic acid groups (broad SMARTS) is 2. The monoisotopic (exact) mass is 359 g/mol. The van der Waals surface area contributed by atoms with Crippen LogP contribution in [0.3, 0.4) is 0 Å². The van der Waals surface area contributed by atoms with Crippen molar-refractivity contribution in [3.05, 3.63) is 47.7 Å². The molecule has 0 aliphatic heterocycles. The molecule has 6 nitrogen and oxygen atoms in total. The minimum absolute atomic E-state index is 0.0725. The molecule has 26 heavy (non-hydrogen) atoms. The van der Waals surface area contributed by atoms with Crippen molar-refractivity contribution in [3.8, 4) is 11.3 Å². The standard InChI is InChI=1S/C20H25NO5/c1-12(2)10-16(19(22)23)21-17(20(24)25)11-15-8-9-18(26-15)14-6-4-13(3)5-7-14/h4-9,12,16-17,21H,10-11H2,1-3H3,(H,22,23)(H,24,25)/t16-,17?/m0/s1. The summed E-state index contributed by atoms with van der Waals surface area (Å²) in [6, 6.07) is 9.40. The molecule has 140 valence electrons. The summed E-state index contributed by atoms with van der Waals surface area (Å²) in [5.41, 5.74) is 2.05. The van der Waals surface area contributed by atoms with Gasteiger partial charge in [-0.05, 0) is 31.4 Å². The maximum Gasteiger partial charge on any atom is 0.321 e. The Morgan fingerprint density at radius 2 is 1.62 bits per heavy atom. The molecule has 0 aliphatic carbocycles. The number of hydrogen-bond acceptors (Lipinski definition) is 4. The Morgan fingerprint density at radius 1 is 1.00 bits per heavy atom. The molecule has 0 bridgehead atoms. The first-order valence-corrected chi connectivity index (χ1v) is 8.63. The van der Waals surface area contributed by atoms with Crippen molar-refractivity contribution in [2.45, 2.75) is 45.7 Å². The van der Waals surface area contributed by atoms with Gasteiger partial charge in [-0.3, -0.25) is 14.9 Å². The first-order valence-electron chi connectivity index (χ1n) is 8.63. The second-order valence-corrected chi connectivity index (χ2v) is 6.91. The number of carboxylic acids is 2. The largest absolute Gasteiger partial charge is 0.480 e. The average Bonchev–Trinajstić information content (AvgIpc) is 3.02. The van der Waals surface area contributed by atoms with Gasteiger partial charge in [0.1, 0.15) is 23.6 Å². The molecule has 3 N–H and O–H groups in total.